The Kier molecular flexibility index (Phi) is 7.08. The van der Waals surface area contributed by atoms with Gasteiger partial charge in [-0.05, 0) is 94.7 Å². The van der Waals surface area contributed by atoms with E-state index >= 15 is 0 Å². The molecular formula is C31H37NO3S. The molecule has 0 radical (unpaired) electrons. The first-order valence-corrected chi connectivity index (χ1v) is 13.9. The highest BCUT2D eigenvalue weighted by atomic mass is 32.1. The van der Waals surface area contributed by atoms with Crippen LogP contribution in [0.1, 0.15) is 73.4 Å². The summed E-state index contributed by atoms with van der Waals surface area (Å²) in [5.41, 5.74) is 8.79. The number of aryl methyl sites for hydroxylation is 3. The SMILES string of the molecule is Cc1nc2c(CC3=CCCC=C3)c(C)sc2c(-c2ccc3c(c2)CCCO3)c1[C@@H](CO)OC(C)(C)C. The average molecular weight is 504 g/mol. The maximum atomic E-state index is 10.5. The number of hydrogen-bond donors (Lipinski definition) is 1. The summed E-state index contributed by atoms with van der Waals surface area (Å²) in [7, 11) is 0. The summed E-state index contributed by atoms with van der Waals surface area (Å²) in [6.45, 7) is 11.1. The summed E-state index contributed by atoms with van der Waals surface area (Å²) in [6.07, 6.45) is 11.6. The molecule has 0 saturated carbocycles. The van der Waals surface area contributed by atoms with E-state index in [4.69, 9.17) is 14.5 Å². The maximum Gasteiger partial charge on any atom is 0.122 e. The Morgan fingerprint density at radius 1 is 1.19 bits per heavy atom. The molecule has 0 bridgehead atoms. The van der Waals surface area contributed by atoms with Crippen molar-refractivity contribution in [3.63, 3.8) is 0 Å². The normalized spacial score (nSPS) is 16.6. The second kappa shape index (κ2) is 10.1. The van der Waals surface area contributed by atoms with Crippen LogP contribution in [0.2, 0.25) is 0 Å². The van der Waals surface area contributed by atoms with Gasteiger partial charge in [-0.15, -0.1) is 11.3 Å². The van der Waals surface area contributed by atoms with Crippen molar-refractivity contribution in [2.75, 3.05) is 13.2 Å². The standard InChI is InChI=1S/C31H37NO3S/c1-19-27(26(18-33)35-31(3,4)5)28(23-13-14-25-22(17-23)12-9-15-34-25)30-29(32-19)24(20(2)36-30)16-21-10-7-6-8-11-21/h7,10-11,13-14,17,26,33H,6,8-9,12,15-16,18H2,1-5H3/t26-/m1/s1. The third-order valence-electron chi connectivity index (χ3n) is 6.98. The lowest BCUT2D eigenvalue weighted by molar-refractivity contribution is -0.0823. The molecular weight excluding hydrogens is 466 g/mol. The first-order chi connectivity index (χ1) is 17.2. The predicted molar refractivity (Wildman–Crippen MR) is 149 cm³/mol. The molecule has 0 unspecified atom stereocenters. The molecule has 0 saturated heterocycles. The van der Waals surface area contributed by atoms with Gasteiger partial charge in [0.05, 0.1) is 29.0 Å². The number of rotatable bonds is 6. The van der Waals surface area contributed by atoms with E-state index < -0.39 is 11.7 Å². The van der Waals surface area contributed by atoms with Crippen molar-refractivity contribution in [3.8, 4) is 16.9 Å². The number of aromatic nitrogens is 1. The Bertz CT molecular complexity index is 1340. The van der Waals surface area contributed by atoms with Crippen molar-refractivity contribution in [3.05, 3.63) is 69.3 Å². The molecule has 1 aliphatic carbocycles. The first kappa shape index (κ1) is 25.2. The Morgan fingerprint density at radius 2 is 2.03 bits per heavy atom. The number of pyridine rings is 1. The van der Waals surface area contributed by atoms with Crippen LogP contribution in [0, 0.1) is 13.8 Å². The number of allylic oxidation sites excluding steroid dienone is 4. The number of aliphatic hydroxyl groups excluding tert-OH is 1. The van der Waals surface area contributed by atoms with Gasteiger partial charge in [-0.1, -0.05) is 24.3 Å². The zero-order chi connectivity index (χ0) is 25.4. The second-order valence-electron chi connectivity index (χ2n) is 10.9. The summed E-state index contributed by atoms with van der Waals surface area (Å²) >= 11 is 1.81. The van der Waals surface area contributed by atoms with E-state index in [2.05, 4.69) is 50.3 Å². The molecule has 2 aliphatic rings. The number of ether oxygens (including phenoxy) is 2. The number of fused-ring (bicyclic) bond motifs is 2. The smallest absolute Gasteiger partial charge is 0.122 e. The van der Waals surface area contributed by atoms with Crippen LogP contribution in [0.4, 0.5) is 0 Å². The minimum absolute atomic E-state index is 0.0960. The minimum Gasteiger partial charge on any atom is -0.493 e. The minimum atomic E-state index is -0.459. The molecule has 0 fully saturated rings. The van der Waals surface area contributed by atoms with Gasteiger partial charge in [0, 0.05) is 28.1 Å². The molecule has 1 N–H and O–H groups in total. The molecule has 190 valence electrons. The highest BCUT2D eigenvalue weighted by Crippen LogP contribution is 2.45. The summed E-state index contributed by atoms with van der Waals surface area (Å²) in [6, 6.07) is 6.54. The fraction of sp³-hybridized carbons (Fsp3) is 0.452. The van der Waals surface area contributed by atoms with Gasteiger partial charge in [0.15, 0.2) is 0 Å². The van der Waals surface area contributed by atoms with Gasteiger partial charge in [0.1, 0.15) is 11.9 Å². The number of hydrogen-bond acceptors (Lipinski definition) is 5. The van der Waals surface area contributed by atoms with Crippen LogP contribution in [0.5, 0.6) is 5.75 Å². The van der Waals surface area contributed by atoms with Gasteiger partial charge in [-0.25, -0.2) is 0 Å². The van der Waals surface area contributed by atoms with E-state index in [0.29, 0.717) is 0 Å². The molecule has 5 rings (SSSR count). The van der Waals surface area contributed by atoms with Gasteiger partial charge in [-0.3, -0.25) is 4.98 Å². The Labute approximate surface area is 218 Å². The van der Waals surface area contributed by atoms with E-state index in [9.17, 15) is 5.11 Å². The van der Waals surface area contributed by atoms with E-state index in [1.807, 2.05) is 32.1 Å². The lowest BCUT2D eigenvalue weighted by Gasteiger charge is -2.29. The summed E-state index contributed by atoms with van der Waals surface area (Å²) in [5.74, 6) is 0.984. The monoisotopic (exact) mass is 503 g/mol. The lowest BCUT2D eigenvalue weighted by Crippen LogP contribution is -2.25. The largest absolute Gasteiger partial charge is 0.493 e. The van der Waals surface area contributed by atoms with Crippen molar-refractivity contribution in [1.82, 2.24) is 4.98 Å². The summed E-state index contributed by atoms with van der Waals surface area (Å²) in [5, 5.41) is 10.5. The molecule has 0 amide bonds. The Morgan fingerprint density at radius 3 is 2.75 bits per heavy atom. The van der Waals surface area contributed by atoms with Crippen molar-refractivity contribution in [1.29, 1.82) is 0 Å². The summed E-state index contributed by atoms with van der Waals surface area (Å²) in [4.78, 5) is 6.48. The fourth-order valence-corrected chi connectivity index (χ4v) is 6.60. The molecule has 4 nitrogen and oxygen atoms in total. The van der Waals surface area contributed by atoms with E-state index in [1.165, 1.54) is 26.3 Å². The third-order valence-corrected chi connectivity index (χ3v) is 8.13. The third kappa shape index (κ3) is 5.02. The van der Waals surface area contributed by atoms with Gasteiger partial charge in [0.2, 0.25) is 0 Å². The molecule has 5 heteroatoms. The number of thiophene rings is 1. The van der Waals surface area contributed by atoms with Gasteiger partial charge < -0.3 is 14.6 Å². The van der Waals surface area contributed by atoms with Crippen LogP contribution in [0.3, 0.4) is 0 Å². The second-order valence-corrected chi connectivity index (χ2v) is 12.1. The van der Waals surface area contributed by atoms with Gasteiger partial charge >= 0.3 is 0 Å². The molecule has 3 heterocycles. The molecule has 1 aliphatic heterocycles. The summed E-state index contributed by atoms with van der Waals surface area (Å²) < 4.78 is 13.5. The topological polar surface area (TPSA) is 51.6 Å². The Balaban J connectivity index is 1.74. The molecule has 0 spiro atoms. The maximum absolute atomic E-state index is 10.5. The van der Waals surface area contributed by atoms with Crippen LogP contribution >= 0.6 is 11.3 Å². The molecule has 36 heavy (non-hydrogen) atoms. The number of benzene rings is 1. The van der Waals surface area contributed by atoms with Crippen molar-refractivity contribution in [2.24, 2.45) is 0 Å². The highest BCUT2D eigenvalue weighted by molar-refractivity contribution is 7.19. The zero-order valence-electron chi connectivity index (χ0n) is 22.1. The van der Waals surface area contributed by atoms with E-state index in [0.717, 1.165) is 72.4 Å². The quantitative estimate of drug-likeness (QED) is 0.377. The van der Waals surface area contributed by atoms with Crippen LogP contribution < -0.4 is 4.74 Å². The fourth-order valence-electron chi connectivity index (χ4n) is 5.41. The number of nitrogens with zero attached hydrogens (tertiary/aromatic N) is 1. The van der Waals surface area contributed by atoms with Gasteiger partial charge in [-0.2, -0.15) is 0 Å². The molecule has 3 aromatic rings. The van der Waals surface area contributed by atoms with Crippen LogP contribution in [0.25, 0.3) is 21.3 Å². The first-order valence-electron chi connectivity index (χ1n) is 13.1. The van der Waals surface area contributed by atoms with Crippen LogP contribution in [-0.4, -0.2) is 28.9 Å². The molecule has 1 atom stereocenters. The van der Waals surface area contributed by atoms with Crippen LogP contribution in [0.15, 0.2) is 42.0 Å². The average Bonchev–Trinajstić information content (AvgIpc) is 3.16. The highest BCUT2D eigenvalue weighted by Gasteiger charge is 2.29. The lowest BCUT2D eigenvalue weighted by atomic mass is 9.91. The number of aliphatic hydroxyl groups is 1. The molecule has 2 aromatic heterocycles. The van der Waals surface area contributed by atoms with Crippen LogP contribution in [-0.2, 0) is 17.6 Å². The zero-order valence-corrected chi connectivity index (χ0v) is 22.9. The Hall–Kier alpha value is -2.47. The van der Waals surface area contributed by atoms with E-state index in [1.54, 1.807) is 0 Å². The van der Waals surface area contributed by atoms with Crippen molar-refractivity contribution < 1.29 is 14.6 Å². The molecule has 1 aromatic carbocycles. The van der Waals surface area contributed by atoms with E-state index in [-0.39, 0.29) is 6.61 Å². The van der Waals surface area contributed by atoms with Crippen molar-refractivity contribution >= 4 is 21.6 Å². The van der Waals surface area contributed by atoms with Gasteiger partial charge in [0.25, 0.3) is 0 Å². The predicted octanol–water partition coefficient (Wildman–Crippen LogP) is 7.57. The van der Waals surface area contributed by atoms with Crippen molar-refractivity contribution in [2.45, 2.75) is 78.4 Å².